The lowest BCUT2D eigenvalue weighted by molar-refractivity contribution is -0.121. The van der Waals surface area contributed by atoms with Gasteiger partial charge in [-0.2, -0.15) is 15.2 Å². The van der Waals surface area contributed by atoms with Crippen molar-refractivity contribution in [3.8, 4) is 0 Å². The summed E-state index contributed by atoms with van der Waals surface area (Å²) in [6.45, 7) is -0.653. The Morgan fingerprint density at radius 2 is 1.80 bits per heavy atom. The molecule has 3 aromatic heterocycles. The Morgan fingerprint density at radius 1 is 1.02 bits per heavy atom. The number of aromatic nitrogens is 8. The van der Waals surface area contributed by atoms with Gasteiger partial charge < -0.3 is 10.6 Å². The number of hydrogen-bond donors (Lipinski definition) is 2. The van der Waals surface area contributed by atoms with Crippen molar-refractivity contribution in [2.45, 2.75) is 19.6 Å². The molecule has 0 bridgehead atoms. The van der Waals surface area contributed by atoms with Crippen molar-refractivity contribution >= 4 is 51.6 Å². The minimum Gasteiger partial charge on any atom is -0.358 e. The van der Waals surface area contributed by atoms with Crippen LogP contribution in [0.5, 0.6) is 0 Å². The van der Waals surface area contributed by atoms with Crippen LogP contribution in [0.1, 0.15) is 11.4 Å². The highest BCUT2D eigenvalue weighted by Gasteiger charge is 2.19. The Bertz CT molecular complexity index is 1910. The predicted molar refractivity (Wildman–Crippen MR) is 145 cm³/mol. The molecule has 17 heteroatoms. The van der Waals surface area contributed by atoms with Crippen molar-refractivity contribution in [1.82, 2.24) is 44.0 Å². The number of hydrogen-bond acceptors (Lipinski definition) is 8. The quantitative estimate of drug-likeness (QED) is 0.256. The molecule has 41 heavy (non-hydrogen) atoms. The van der Waals surface area contributed by atoms with Crippen LogP contribution in [-0.4, -0.2) is 51.6 Å². The number of nitrogens with one attached hydrogen (secondary N) is 2. The molecule has 0 saturated carbocycles. The maximum atomic E-state index is 14.1. The lowest BCUT2D eigenvalue weighted by atomic mass is 10.2. The average Bonchev–Trinajstić information content (AvgIpc) is 3.51. The largest absolute Gasteiger partial charge is 0.358 e. The van der Waals surface area contributed by atoms with Crippen LogP contribution in [0.15, 0.2) is 46.4 Å². The number of carbonyl (C=O) groups is 1. The molecule has 1 amide bonds. The molecule has 2 aromatic carbocycles. The lowest BCUT2D eigenvalue weighted by Gasteiger charge is -2.16. The van der Waals surface area contributed by atoms with Crippen molar-refractivity contribution in [1.29, 1.82) is 0 Å². The number of nitrogens with zero attached hydrogens (tertiary/aromatic N) is 8. The molecule has 0 aliphatic heterocycles. The molecule has 2 N–H and O–H groups in total. The second-order valence-electron chi connectivity index (χ2n) is 8.90. The van der Waals surface area contributed by atoms with E-state index in [0.29, 0.717) is 10.9 Å². The molecule has 0 aliphatic rings. The number of rotatable bonds is 8. The summed E-state index contributed by atoms with van der Waals surface area (Å²) < 4.78 is 32.6. The summed E-state index contributed by atoms with van der Waals surface area (Å²) >= 11 is 12.3. The van der Waals surface area contributed by atoms with Crippen LogP contribution in [0, 0.1) is 11.6 Å². The standard InChI is InChI=1S/C24H20Cl2F2N10O3/c1-29-20(39)10-36-8-13-5-18(14(25)6-17(13)33-36)31-22-32-23(40)38(9-19-30-11-35(2)34-19)24(41)37(22)7-12-3-15(26)21(28)16(27)4-12/h3-6,8,11H,7,9-10H2,1-2H3,(H,29,39)(H,31,32,40). The van der Waals surface area contributed by atoms with Crippen molar-refractivity contribution in [3.63, 3.8) is 0 Å². The second kappa shape index (κ2) is 11.1. The summed E-state index contributed by atoms with van der Waals surface area (Å²) in [6, 6.07) is 5.17. The van der Waals surface area contributed by atoms with Gasteiger partial charge in [0.1, 0.15) is 12.9 Å². The summed E-state index contributed by atoms with van der Waals surface area (Å²) in [4.78, 5) is 46.4. The smallest absolute Gasteiger partial charge is 0.355 e. The van der Waals surface area contributed by atoms with E-state index >= 15 is 0 Å². The van der Waals surface area contributed by atoms with Crippen molar-refractivity contribution in [3.05, 3.63) is 90.8 Å². The third-order valence-electron chi connectivity index (χ3n) is 5.95. The van der Waals surface area contributed by atoms with Crippen molar-refractivity contribution in [2.75, 3.05) is 12.4 Å². The van der Waals surface area contributed by atoms with E-state index in [1.807, 2.05) is 0 Å². The number of fused-ring (bicyclic) bond motifs is 1. The highest BCUT2D eigenvalue weighted by Crippen LogP contribution is 2.29. The van der Waals surface area contributed by atoms with Crippen LogP contribution < -0.4 is 22.0 Å². The number of carbonyl (C=O) groups excluding carboxylic acids is 1. The van der Waals surface area contributed by atoms with E-state index in [9.17, 15) is 23.2 Å². The molecule has 13 nitrogen and oxygen atoms in total. The number of aryl methyl sites for hydroxylation is 1. The van der Waals surface area contributed by atoms with Gasteiger partial charge in [-0.15, -0.1) is 0 Å². The molecule has 0 spiro atoms. The van der Waals surface area contributed by atoms with Gasteiger partial charge in [-0.3, -0.25) is 18.7 Å². The second-order valence-corrected chi connectivity index (χ2v) is 9.71. The Balaban J connectivity index is 1.59. The Kier molecular flexibility index (Phi) is 7.55. The predicted octanol–water partition coefficient (Wildman–Crippen LogP) is 2.05. The van der Waals surface area contributed by atoms with Gasteiger partial charge in [0.15, 0.2) is 17.5 Å². The summed E-state index contributed by atoms with van der Waals surface area (Å²) in [5.74, 6) is -2.75. The summed E-state index contributed by atoms with van der Waals surface area (Å²) in [7, 11) is 3.13. The summed E-state index contributed by atoms with van der Waals surface area (Å²) in [6.07, 6.45) is 3.02. The lowest BCUT2D eigenvalue weighted by Crippen LogP contribution is -2.43. The van der Waals surface area contributed by atoms with E-state index in [-0.39, 0.29) is 53.6 Å². The molecule has 5 aromatic rings. The van der Waals surface area contributed by atoms with Gasteiger partial charge in [-0.05, 0) is 29.8 Å². The molecule has 0 saturated heterocycles. The number of likely N-dealkylation sites (N-methyl/N-ethyl adjacent to an activating group) is 1. The van der Waals surface area contributed by atoms with E-state index in [2.05, 4.69) is 30.8 Å². The third-order valence-corrected chi connectivity index (χ3v) is 6.54. The molecule has 0 atom stereocenters. The van der Waals surface area contributed by atoms with Gasteiger partial charge in [0.2, 0.25) is 11.9 Å². The third kappa shape index (κ3) is 5.81. The van der Waals surface area contributed by atoms with Crippen LogP contribution in [0.25, 0.3) is 10.9 Å². The monoisotopic (exact) mass is 604 g/mol. The summed E-state index contributed by atoms with van der Waals surface area (Å²) in [5, 5.41) is 14.1. The molecule has 0 fully saturated rings. The average molecular weight is 605 g/mol. The van der Waals surface area contributed by atoms with Crippen LogP contribution in [0.4, 0.5) is 20.4 Å². The van der Waals surface area contributed by atoms with Gasteiger partial charge in [0.25, 0.3) is 0 Å². The van der Waals surface area contributed by atoms with Gasteiger partial charge in [-0.1, -0.05) is 23.2 Å². The van der Waals surface area contributed by atoms with Gasteiger partial charge in [0.05, 0.1) is 34.3 Å². The minimum absolute atomic E-state index is 0.0210. The first-order chi connectivity index (χ1) is 19.5. The zero-order valence-electron chi connectivity index (χ0n) is 21.4. The Morgan fingerprint density at radius 3 is 2.49 bits per heavy atom. The van der Waals surface area contributed by atoms with Crippen LogP contribution in [0.3, 0.4) is 0 Å². The van der Waals surface area contributed by atoms with E-state index in [4.69, 9.17) is 23.2 Å². The van der Waals surface area contributed by atoms with Crippen molar-refractivity contribution < 1.29 is 13.6 Å². The van der Waals surface area contributed by atoms with E-state index < -0.39 is 28.0 Å². The fourth-order valence-corrected chi connectivity index (χ4v) is 4.44. The molecule has 3 heterocycles. The zero-order valence-corrected chi connectivity index (χ0v) is 22.9. The molecular weight excluding hydrogens is 585 g/mol. The minimum atomic E-state index is -1.23. The van der Waals surface area contributed by atoms with Crippen molar-refractivity contribution in [2.24, 2.45) is 7.05 Å². The maximum absolute atomic E-state index is 14.1. The molecular formula is C24H20Cl2F2N10O3. The molecule has 5 rings (SSSR count). The normalized spacial score (nSPS) is 11.3. The van der Waals surface area contributed by atoms with Gasteiger partial charge in [0, 0.05) is 25.7 Å². The SMILES string of the molecule is CNC(=O)Cn1cc2cc(Nc3nc(=O)n(Cc4ncn(C)n4)c(=O)n3Cc3cc(F)c(F)c(Cl)c3)c(Cl)cc2n1. The Hall–Kier alpha value is -4.63. The van der Waals surface area contributed by atoms with Crippen LogP contribution in [0.2, 0.25) is 10.0 Å². The molecule has 0 unspecified atom stereocenters. The van der Waals surface area contributed by atoms with Crippen LogP contribution >= 0.6 is 23.2 Å². The first-order valence-electron chi connectivity index (χ1n) is 11.9. The van der Waals surface area contributed by atoms with Gasteiger partial charge >= 0.3 is 11.4 Å². The molecule has 0 radical (unpaired) electrons. The highest BCUT2D eigenvalue weighted by atomic mass is 35.5. The maximum Gasteiger partial charge on any atom is 0.355 e. The topological polar surface area (TPSA) is 147 Å². The number of halogens is 4. The first kappa shape index (κ1) is 27.9. The van der Waals surface area contributed by atoms with Gasteiger partial charge in [-0.25, -0.2) is 27.9 Å². The van der Waals surface area contributed by atoms with E-state index in [1.165, 1.54) is 28.8 Å². The Labute approximate surface area is 239 Å². The fourth-order valence-electron chi connectivity index (χ4n) is 4.00. The van der Waals surface area contributed by atoms with Crippen LogP contribution in [-0.2, 0) is 31.5 Å². The molecule has 212 valence electrons. The first-order valence-corrected chi connectivity index (χ1v) is 12.6. The van der Waals surface area contributed by atoms with E-state index in [1.54, 1.807) is 19.3 Å². The molecule has 0 aliphatic carbocycles. The fraction of sp³-hybridized carbons (Fsp3) is 0.208. The summed E-state index contributed by atoms with van der Waals surface area (Å²) in [5.41, 5.74) is -0.883. The highest BCUT2D eigenvalue weighted by molar-refractivity contribution is 6.34. The number of amides is 1. The number of benzene rings is 2. The van der Waals surface area contributed by atoms with E-state index in [0.717, 1.165) is 21.3 Å². The zero-order chi connectivity index (χ0) is 29.4. The number of anilines is 2.